The van der Waals surface area contributed by atoms with E-state index in [1.807, 2.05) is 0 Å². The number of carbonyl (C=O) groups is 2. The fraction of sp³-hybridized carbons (Fsp3) is 0.867. The zero-order valence-corrected chi connectivity index (χ0v) is 13.8. The van der Waals surface area contributed by atoms with Gasteiger partial charge in [-0.1, -0.05) is 6.42 Å². The fourth-order valence-electron chi connectivity index (χ4n) is 2.80. The lowest BCUT2D eigenvalue weighted by Gasteiger charge is -2.38. The molecule has 0 spiro atoms. The highest BCUT2D eigenvalue weighted by Crippen LogP contribution is 2.21. The molecule has 0 unspecified atom stereocenters. The molecule has 0 saturated carbocycles. The van der Waals surface area contributed by atoms with E-state index in [-0.39, 0.29) is 11.8 Å². The summed E-state index contributed by atoms with van der Waals surface area (Å²) >= 11 is 0. The highest BCUT2D eigenvalue weighted by atomic mass is 16.6. The van der Waals surface area contributed by atoms with E-state index in [1.54, 1.807) is 0 Å². The highest BCUT2D eigenvalue weighted by Gasteiger charge is 2.26. The minimum atomic E-state index is -0.0722. The van der Waals surface area contributed by atoms with E-state index in [0.29, 0.717) is 51.2 Å². The molecule has 2 atom stereocenters. The monoisotopic (exact) mass is 319 g/mol. The van der Waals surface area contributed by atoms with Gasteiger partial charge in [0.2, 0.25) is 11.8 Å². The van der Waals surface area contributed by atoms with Gasteiger partial charge < -0.3 is 15.5 Å². The molecule has 7 nitrogen and oxygen atoms in total. The highest BCUT2D eigenvalue weighted by molar-refractivity contribution is 5.80. The average Bonchev–Trinajstić information content (AvgIpc) is 2.48. The molecule has 1 aliphatic heterocycles. The van der Waals surface area contributed by atoms with E-state index >= 15 is 0 Å². The van der Waals surface area contributed by atoms with Gasteiger partial charge in [0, 0.05) is 31.6 Å². The van der Waals surface area contributed by atoms with E-state index in [0.717, 1.165) is 12.8 Å². The van der Waals surface area contributed by atoms with Crippen molar-refractivity contribution in [1.82, 2.24) is 15.5 Å². The van der Waals surface area contributed by atoms with Gasteiger partial charge in [0.05, 0.1) is 13.2 Å². The van der Waals surface area contributed by atoms with Crippen LogP contribution in [0.4, 0.5) is 0 Å². The second-order valence-electron chi connectivity index (χ2n) is 5.98. The van der Waals surface area contributed by atoms with Crippen molar-refractivity contribution < 1.29 is 14.4 Å². The average molecular weight is 319 g/mol. The number of piperidine rings is 1. The van der Waals surface area contributed by atoms with E-state index in [1.165, 1.54) is 6.42 Å². The smallest absolute Gasteiger partial charge is 0.234 e. The van der Waals surface area contributed by atoms with Gasteiger partial charge in [-0.25, -0.2) is 5.90 Å². The number of amides is 2. The summed E-state index contributed by atoms with van der Waals surface area (Å²) in [4.78, 5) is 30.2. The summed E-state index contributed by atoms with van der Waals surface area (Å²) in [6.07, 6.45) is 4.49. The standard InChI is InChI=1S/C15H30N4O3/c1-12-5-3-6-13(2)19(12)11-15(21)18-9-7-14(20)17-8-4-10-22-16/h12-13H,3-11,16H2,1-2H3,(H,17,20)(H,18,21)/t12-,13+/i1+1,2+1,12+1,13+1,18+1. The molecule has 4 N–H and O–H groups in total. The molecule has 0 radical (unpaired) electrons. The van der Waals surface area contributed by atoms with Crippen LogP contribution in [-0.4, -0.2) is 55.0 Å². The third kappa shape index (κ3) is 7.20. The molecule has 1 fully saturated rings. The van der Waals surface area contributed by atoms with Crippen molar-refractivity contribution in [2.24, 2.45) is 5.90 Å². The van der Waals surface area contributed by atoms with Gasteiger partial charge in [-0.3, -0.25) is 14.5 Å². The molecule has 2 amide bonds. The third-order valence-corrected chi connectivity index (χ3v) is 4.14. The van der Waals surface area contributed by atoms with Crippen molar-refractivity contribution in [2.45, 2.75) is 58.0 Å². The first-order chi connectivity index (χ1) is 10.5. The van der Waals surface area contributed by atoms with Crippen molar-refractivity contribution in [3.8, 4) is 0 Å². The van der Waals surface area contributed by atoms with Crippen LogP contribution in [-0.2, 0) is 14.4 Å². The Labute approximate surface area is 132 Å². The Morgan fingerprint density at radius 3 is 2.41 bits per heavy atom. The van der Waals surface area contributed by atoms with E-state index in [2.05, 4.69) is 34.2 Å². The third-order valence-electron chi connectivity index (χ3n) is 4.14. The van der Waals surface area contributed by atoms with Gasteiger partial charge in [0.1, 0.15) is 0 Å². The number of carbonyl (C=O) groups excluding carboxylic acids is 2. The molecule has 128 valence electrons. The summed E-state index contributed by atoms with van der Waals surface area (Å²) in [7, 11) is 0. The molecular weight excluding hydrogens is 289 g/mol. The van der Waals surface area contributed by atoms with Crippen LogP contribution in [0.2, 0.25) is 0 Å². The van der Waals surface area contributed by atoms with Crippen LogP contribution in [0.5, 0.6) is 0 Å². The normalized spacial score (nSPS) is 22.3. The van der Waals surface area contributed by atoms with Gasteiger partial charge >= 0.3 is 0 Å². The van der Waals surface area contributed by atoms with Crippen LogP contribution in [0.3, 0.4) is 0 Å². The lowest BCUT2D eigenvalue weighted by molar-refractivity contribution is -0.124. The Morgan fingerprint density at radius 2 is 1.77 bits per heavy atom. The number of nitrogens with one attached hydrogen (secondary N) is 2. The maximum absolute atomic E-state index is 12.0. The van der Waals surface area contributed by atoms with Gasteiger partial charge in [0.25, 0.3) is 0 Å². The van der Waals surface area contributed by atoms with E-state index in [9.17, 15) is 9.59 Å². The molecule has 1 rings (SSSR count). The van der Waals surface area contributed by atoms with Crippen LogP contribution in [0, 0.1) is 0 Å². The zero-order valence-electron chi connectivity index (χ0n) is 13.8. The minimum Gasteiger partial charge on any atom is -0.356 e. The van der Waals surface area contributed by atoms with Gasteiger partial charge in [0.15, 0.2) is 0 Å². The number of rotatable bonds is 9. The molecule has 1 heterocycles. The SMILES string of the molecule is [13CH3][13C@@H]1CCC[13C@H]([13CH3])N1CC(=O)[15NH]CCC(=O)NCCCON. The predicted octanol–water partition coefficient (Wildman–Crippen LogP) is 0.152. The lowest BCUT2D eigenvalue weighted by Crippen LogP contribution is -2.49. The summed E-state index contributed by atoms with van der Waals surface area (Å²) in [5.41, 5.74) is 0. The predicted molar refractivity (Wildman–Crippen MR) is 84.9 cm³/mol. The first kappa shape index (κ1) is 18.9. The van der Waals surface area contributed by atoms with Crippen LogP contribution in [0.15, 0.2) is 0 Å². The van der Waals surface area contributed by atoms with E-state index in [4.69, 9.17) is 5.90 Å². The number of hydrogen-bond acceptors (Lipinski definition) is 5. The number of nitrogens with zero attached hydrogens (tertiary/aromatic N) is 1. The van der Waals surface area contributed by atoms with Crippen molar-refractivity contribution in [3.63, 3.8) is 0 Å². The second-order valence-corrected chi connectivity index (χ2v) is 5.98. The molecule has 7 heteroatoms. The van der Waals surface area contributed by atoms with Gasteiger partial charge in [-0.2, -0.15) is 0 Å². The molecule has 0 aromatic heterocycles. The maximum Gasteiger partial charge on any atom is 0.234 e. The summed E-state index contributed by atoms with van der Waals surface area (Å²) < 4.78 is 0. The Balaban J connectivity index is 2.13. The van der Waals surface area contributed by atoms with E-state index < -0.39 is 0 Å². The molecule has 0 bridgehead atoms. The first-order valence-electron chi connectivity index (χ1n) is 8.15. The van der Waals surface area contributed by atoms with Crippen LogP contribution in [0.25, 0.3) is 0 Å². The first-order valence-corrected chi connectivity index (χ1v) is 8.15. The maximum atomic E-state index is 12.0. The fourth-order valence-corrected chi connectivity index (χ4v) is 2.80. The quantitative estimate of drug-likeness (QED) is 0.243. The molecule has 22 heavy (non-hydrogen) atoms. The van der Waals surface area contributed by atoms with Crippen molar-refractivity contribution in [1.29, 1.82) is 0 Å². The molecule has 0 aromatic rings. The van der Waals surface area contributed by atoms with Crippen molar-refractivity contribution in [3.05, 3.63) is 0 Å². The molecular formula is C15H30N4O3. The van der Waals surface area contributed by atoms with Gasteiger partial charge in [-0.05, 0) is 33.1 Å². The number of nitrogens with two attached hydrogens (primary N) is 1. The molecule has 1 saturated heterocycles. The number of likely N-dealkylation sites (tertiary alicyclic amines) is 1. The van der Waals surface area contributed by atoms with Crippen molar-refractivity contribution in [2.75, 3.05) is 26.2 Å². The topological polar surface area (TPSA) is 96.7 Å². The van der Waals surface area contributed by atoms with Crippen molar-refractivity contribution >= 4 is 11.8 Å². The largest absolute Gasteiger partial charge is 0.356 e. The Hall–Kier alpha value is -1.18. The number of hydrogen-bond donors (Lipinski definition) is 3. The Kier molecular flexibility index (Phi) is 9.03. The molecule has 1 aliphatic rings. The summed E-state index contributed by atoms with van der Waals surface area (Å²) in [5.74, 6) is 4.81. The summed E-state index contributed by atoms with van der Waals surface area (Å²) in [6, 6.07) is 0.894. The lowest BCUT2D eigenvalue weighted by atomic mass is 10.3. The Morgan fingerprint density at radius 1 is 1.14 bits per heavy atom. The van der Waals surface area contributed by atoms with Crippen LogP contribution >= 0.6 is 0 Å². The molecule has 0 aromatic carbocycles. The van der Waals surface area contributed by atoms with Crippen LogP contribution < -0.4 is 16.5 Å². The molecule has 0 aliphatic carbocycles. The minimum absolute atomic E-state index is 0.00932. The van der Waals surface area contributed by atoms with Gasteiger partial charge in [-0.15, -0.1) is 0 Å². The zero-order chi connectivity index (χ0) is 16.4. The second kappa shape index (κ2) is 10.5. The summed E-state index contributed by atoms with van der Waals surface area (Å²) in [5, 5.41) is 5.57. The van der Waals surface area contributed by atoms with Crippen LogP contribution in [0.1, 0.15) is 46.0 Å². The Bertz CT molecular complexity index is 342. The summed E-state index contributed by atoms with van der Waals surface area (Å²) in [6.45, 7) is 6.07.